The number of nitrogens with one attached hydrogen (secondary N) is 4. The Bertz CT molecular complexity index is 3040. The van der Waals surface area contributed by atoms with Crippen molar-refractivity contribution < 1.29 is 0 Å². The van der Waals surface area contributed by atoms with Gasteiger partial charge in [-0.25, -0.2) is 4.99 Å². The molecule has 0 fully saturated rings. The molecular weight excluding hydrogens is 731 g/mol. The summed E-state index contributed by atoms with van der Waals surface area (Å²) in [7, 11) is 0. The van der Waals surface area contributed by atoms with E-state index in [0.29, 0.717) is 0 Å². The highest BCUT2D eigenvalue weighted by Gasteiger charge is 2.30. The van der Waals surface area contributed by atoms with Gasteiger partial charge in [0, 0.05) is 16.8 Å². The molecule has 0 aromatic heterocycles. The summed E-state index contributed by atoms with van der Waals surface area (Å²) in [5.41, 5.74) is 10.4. The van der Waals surface area contributed by atoms with Crippen LogP contribution in [0.2, 0.25) is 0 Å². The normalized spacial score (nSPS) is 19.0. The molecule has 60 heavy (non-hydrogen) atoms. The van der Waals surface area contributed by atoms with Gasteiger partial charge in [-0.2, -0.15) is 0 Å². The number of hydrogen-bond donors (Lipinski definition) is 4. The summed E-state index contributed by atoms with van der Waals surface area (Å²) in [6.45, 7) is 0. The van der Waals surface area contributed by atoms with Gasteiger partial charge in [-0.05, 0) is 71.8 Å². The highest BCUT2D eigenvalue weighted by molar-refractivity contribution is 6.16. The Labute approximate surface area is 350 Å². The predicted octanol–water partition coefficient (Wildman–Crippen LogP) is 12.1. The van der Waals surface area contributed by atoms with E-state index in [-0.39, 0.29) is 24.5 Å². The molecule has 2 aliphatic heterocycles. The predicted molar refractivity (Wildman–Crippen MR) is 248 cm³/mol. The van der Waals surface area contributed by atoms with Gasteiger partial charge in [0.2, 0.25) is 0 Å². The van der Waals surface area contributed by atoms with Crippen LogP contribution in [-0.2, 0) is 0 Å². The van der Waals surface area contributed by atoms with Crippen molar-refractivity contribution >= 4 is 43.9 Å². The third-order valence-corrected chi connectivity index (χ3v) is 12.0. The molecular formula is C55H43N5. The van der Waals surface area contributed by atoms with Gasteiger partial charge < -0.3 is 10.6 Å². The molecule has 0 saturated carbocycles. The fraction of sp³-hybridized carbons (Fsp3) is 0.0727. The van der Waals surface area contributed by atoms with Crippen LogP contribution in [0.15, 0.2) is 217 Å². The fourth-order valence-electron chi connectivity index (χ4n) is 9.19. The van der Waals surface area contributed by atoms with Gasteiger partial charge in [0.1, 0.15) is 24.3 Å². The second kappa shape index (κ2) is 15.5. The van der Waals surface area contributed by atoms with Crippen LogP contribution < -0.4 is 21.3 Å². The zero-order chi connectivity index (χ0) is 39.8. The van der Waals surface area contributed by atoms with Crippen molar-refractivity contribution in [3.05, 3.63) is 246 Å². The smallest absolute Gasteiger partial charge is 0.131 e. The standard InChI is InChI=1S/C55H43N5/c1-4-18-37(19-5-1)48-35-49(45-30-16-24-36-17-10-11-25-42(36)45)57-52(56-48)41-33-31-38(32-34-41)50-46-28-14-12-26-43(46)44-27-13-15-29-47(44)51(50)55-59-53(39-20-6-2-7-21-39)58-54(60-55)40-22-8-3-9-23-40/h1-35,49,52-53,55-57,59H,(H,58,60). The van der Waals surface area contributed by atoms with E-state index in [4.69, 9.17) is 4.99 Å². The molecule has 0 saturated heterocycles. The lowest BCUT2D eigenvalue weighted by Crippen LogP contribution is -2.45. The van der Waals surface area contributed by atoms with Crippen LogP contribution in [0.5, 0.6) is 0 Å². The Hall–Kier alpha value is -7.31. The average molecular weight is 774 g/mol. The van der Waals surface area contributed by atoms with E-state index in [2.05, 4.69) is 234 Å². The summed E-state index contributed by atoms with van der Waals surface area (Å²) in [5, 5.41) is 22.8. The van der Waals surface area contributed by atoms with Crippen LogP contribution in [0, 0.1) is 0 Å². The number of fused-ring (bicyclic) bond motifs is 4. The van der Waals surface area contributed by atoms with Crippen LogP contribution in [0.25, 0.3) is 49.1 Å². The third-order valence-electron chi connectivity index (χ3n) is 12.0. The third kappa shape index (κ3) is 6.60. The minimum absolute atomic E-state index is 0.00603. The van der Waals surface area contributed by atoms with Gasteiger partial charge in [-0.1, -0.05) is 206 Å². The molecule has 11 rings (SSSR count). The van der Waals surface area contributed by atoms with Crippen molar-refractivity contribution in [2.45, 2.75) is 24.5 Å². The molecule has 4 unspecified atom stereocenters. The van der Waals surface area contributed by atoms with Crippen molar-refractivity contribution in [2.75, 3.05) is 0 Å². The molecule has 2 heterocycles. The van der Waals surface area contributed by atoms with Crippen LogP contribution >= 0.6 is 0 Å². The maximum atomic E-state index is 5.50. The lowest BCUT2D eigenvalue weighted by atomic mass is 9.86. The lowest BCUT2D eigenvalue weighted by Gasteiger charge is -2.34. The van der Waals surface area contributed by atoms with E-state index in [9.17, 15) is 0 Å². The van der Waals surface area contributed by atoms with Crippen LogP contribution in [0.3, 0.4) is 0 Å². The lowest BCUT2D eigenvalue weighted by molar-refractivity contribution is 0.411. The number of hydrogen-bond acceptors (Lipinski definition) is 5. The molecule has 5 heteroatoms. The highest BCUT2D eigenvalue weighted by atomic mass is 15.3. The van der Waals surface area contributed by atoms with Crippen LogP contribution in [0.1, 0.15) is 57.9 Å². The van der Waals surface area contributed by atoms with Crippen molar-refractivity contribution in [3.8, 4) is 11.1 Å². The number of benzene rings is 9. The van der Waals surface area contributed by atoms with E-state index < -0.39 is 0 Å². The molecule has 4 N–H and O–H groups in total. The molecule has 0 radical (unpaired) electrons. The van der Waals surface area contributed by atoms with Crippen LogP contribution in [0.4, 0.5) is 0 Å². The first kappa shape index (κ1) is 35.8. The van der Waals surface area contributed by atoms with Gasteiger partial charge in [-0.3, -0.25) is 10.6 Å². The van der Waals surface area contributed by atoms with Crippen molar-refractivity contribution in [3.63, 3.8) is 0 Å². The first-order valence-electron chi connectivity index (χ1n) is 20.8. The maximum absolute atomic E-state index is 5.50. The van der Waals surface area contributed by atoms with E-state index in [1.165, 1.54) is 43.4 Å². The Morgan fingerprint density at radius 1 is 0.383 bits per heavy atom. The zero-order valence-electron chi connectivity index (χ0n) is 33.0. The van der Waals surface area contributed by atoms with Gasteiger partial charge in [0.15, 0.2) is 0 Å². The molecule has 9 aromatic carbocycles. The molecule has 5 nitrogen and oxygen atoms in total. The van der Waals surface area contributed by atoms with E-state index in [0.717, 1.165) is 44.9 Å². The molecule has 0 bridgehead atoms. The summed E-state index contributed by atoms with van der Waals surface area (Å²) in [6.07, 6.45) is 1.69. The summed E-state index contributed by atoms with van der Waals surface area (Å²) < 4.78 is 0. The zero-order valence-corrected chi connectivity index (χ0v) is 33.0. The van der Waals surface area contributed by atoms with Gasteiger partial charge in [-0.15, -0.1) is 0 Å². The summed E-state index contributed by atoms with van der Waals surface area (Å²) >= 11 is 0. The second-order valence-electron chi connectivity index (χ2n) is 15.6. The average Bonchev–Trinajstić information content (AvgIpc) is 3.34. The van der Waals surface area contributed by atoms with E-state index in [1.54, 1.807) is 0 Å². The number of aliphatic imine (C=N–C) groups is 1. The summed E-state index contributed by atoms with van der Waals surface area (Å²) in [6, 6.07) is 73.7. The molecule has 0 spiro atoms. The number of amidine groups is 1. The first-order chi connectivity index (χ1) is 29.7. The van der Waals surface area contributed by atoms with Crippen molar-refractivity contribution in [1.82, 2.24) is 21.3 Å². The Kier molecular flexibility index (Phi) is 9.23. The number of nitrogens with zero attached hydrogens (tertiary/aromatic N) is 1. The van der Waals surface area contributed by atoms with Gasteiger partial charge in [0.25, 0.3) is 0 Å². The number of rotatable bonds is 7. The summed E-state index contributed by atoms with van der Waals surface area (Å²) in [5.74, 6) is 0.865. The molecule has 2 aliphatic rings. The minimum atomic E-state index is -0.349. The monoisotopic (exact) mass is 773 g/mol. The molecule has 0 amide bonds. The van der Waals surface area contributed by atoms with E-state index >= 15 is 0 Å². The Morgan fingerprint density at radius 2 is 0.933 bits per heavy atom. The fourth-order valence-corrected chi connectivity index (χ4v) is 9.19. The largest absolute Gasteiger partial charge is 0.366 e. The quantitative estimate of drug-likeness (QED) is 0.122. The van der Waals surface area contributed by atoms with Crippen molar-refractivity contribution in [1.29, 1.82) is 0 Å². The second-order valence-corrected chi connectivity index (χ2v) is 15.6. The SMILES string of the molecule is C1=C(c2ccccc2)NC(c2ccc(-c3c(C4N=C(c5ccccc5)NC(c5ccccc5)N4)c4ccccc4c4ccccc34)cc2)NC1c1cccc2ccccc12. The Morgan fingerprint density at radius 3 is 1.67 bits per heavy atom. The minimum Gasteiger partial charge on any atom is -0.366 e. The highest BCUT2D eigenvalue weighted by Crippen LogP contribution is 2.44. The molecule has 0 aliphatic carbocycles. The van der Waals surface area contributed by atoms with E-state index in [1.807, 2.05) is 0 Å². The van der Waals surface area contributed by atoms with Gasteiger partial charge in [0.05, 0.1) is 6.04 Å². The Balaban J connectivity index is 1.05. The molecule has 288 valence electrons. The topological polar surface area (TPSA) is 60.5 Å². The summed E-state index contributed by atoms with van der Waals surface area (Å²) in [4.78, 5) is 5.50. The molecule has 9 aromatic rings. The van der Waals surface area contributed by atoms with Crippen molar-refractivity contribution in [2.24, 2.45) is 4.99 Å². The first-order valence-corrected chi connectivity index (χ1v) is 20.8. The van der Waals surface area contributed by atoms with Gasteiger partial charge >= 0.3 is 0 Å². The maximum Gasteiger partial charge on any atom is 0.131 e. The van der Waals surface area contributed by atoms with Crippen LogP contribution in [-0.4, -0.2) is 5.84 Å². The molecule has 4 atom stereocenters.